The van der Waals surface area contributed by atoms with Gasteiger partial charge in [0.25, 0.3) is 0 Å². The fourth-order valence-electron chi connectivity index (χ4n) is 2.81. The molecule has 0 fully saturated rings. The fourth-order valence-corrected chi connectivity index (χ4v) is 3.33. The first kappa shape index (κ1) is 17.1. The van der Waals surface area contributed by atoms with Gasteiger partial charge in [0.05, 0.1) is 16.1 Å². The monoisotopic (exact) mass is 380 g/mol. The minimum atomic E-state index is -3.72. The van der Waals surface area contributed by atoms with Crippen molar-refractivity contribution in [1.82, 2.24) is 19.7 Å². The van der Waals surface area contributed by atoms with Gasteiger partial charge in [-0.3, -0.25) is 4.68 Å². The van der Waals surface area contributed by atoms with Crippen LogP contribution in [-0.2, 0) is 17.1 Å². The van der Waals surface area contributed by atoms with E-state index >= 15 is 0 Å². The van der Waals surface area contributed by atoms with Gasteiger partial charge in [0.2, 0.25) is 16.0 Å². The van der Waals surface area contributed by atoms with Crippen LogP contribution in [0.15, 0.2) is 65.7 Å². The molecule has 0 spiro atoms. The molecule has 0 saturated heterocycles. The summed E-state index contributed by atoms with van der Waals surface area (Å²) in [5.74, 6) is 0.380. The lowest BCUT2D eigenvalue weighted by molar-refractivity contribution is 0.598. The van der Waals surface area contributed by atoms with E-state index in [1.807, 2.05) is 36.0 Å². The number of hydrogen-bond donors (Lipinski definition) is 2. The quantitative estimate of drug-likeness (QED) is 0.562. The number of aryl methyl sites for hydroxylation is 1. The summed E-state index contributed by atoms with van der Waals surface area (Å²) < 4.78 is 24.5. The van der Waals surface area contributed by atoms with Crippen molar-refractivity contribution in [3.63, 3.8) is 0 Å². The number of anilines is 2. The Hall–Kier alpha value is -3.30. The number of nitrogens with one attached hydrogen (secondary N) is 1. The van der Waals surface area contributed by atoms with Crippen LogP contribution in [0.1, 0.15) is 0 Å². The first-order valence-corrected chi connectivity index (χ1v) is 9.61. The molecule has 2 aromatic heterocycles. The van der Waals surface area contributed by atoms with Crippen molar-refractivity contribution in [2.45, 2.75) is 4.90 Å². The third-order valence-corrected chi connectivity index (χ3v) is 5.02. The van der Waals surface area contributed by atoms with Gasteiger partial charge in [-0.1, -0.05) is 18.2 Å². The van der Waals surface area contributed by atoms with Gasteiger partial charge in [0.15, 0.2) is 0 Å². The fraction of sp³-hybridized carbons (Fsp3) is 0.0556. The highest BCUT2D eigenvalue weighted by atomic mass is 32.2. The van der Waals surface area contributed by atoms with Crippen LogP contribution in [0, 0.1) is 0 Å². The third-order valence-electron chi connectivity index (χ3n) is 4.09. The molecule has 4 aromatic rings. The normalized spacial score (nSPS) is 11.6. The van der Waals surface area contributed by atoms with Crippen LogP contribution in [0.4, 0.5) is 11.6 Å². The summed E-state index contributed by atoms with van der Waals surface area (Å²) in [4.78, 5) is 8.79. The van der Waals surface area contributed by atoms with Crippen molar-refractivity contribution in [2.75, 3.05) is 5.32 Å². The lowest BCUT2D eigenvalue weighted by atomic mass is 10.1. The molecule has 0 radical (unpaired) electrons. The van der Waals surface area contributed by atoms with E-state index < -0.39 is 10.0 Å². The molecular weight excluding hydrogens is 364 g/mol. The smallest absolute Gasteiger partial charge is 0.238 e. The molecule has 0 amide bonds. The Morgan fingerprint density at radius 1 is 1.04 bits per heavy atom. The Balaban J connectivity index is 1.67. The van der Waals surface area contributed by atoms with Crippen LogP contribution in [-0.4, -0.2) is 28.2 Å². The van der Waals surface area contributed by atoms with E-state index in [4.69, 9.17) is 5.14 Å². The predicted octanol–water partition coefficient (Wildman–Crippen LogP) is 2.42. The van der Waals surface area contributed by atoms with Crippen molar-refractivity contribution < 1.29 is 8.42 Å². The molecule has 9 heteroatoms. The summed E-state index contributed by atoms with van der Waals surface area (Å²) >= 11 is 0. The molecule has 0 saturated carbocycles. The molecule has 0 aliphatic heterocycles. The lowest BCUT2D eigenvalue weighted by Gasteiger charge is -2.06. The second-order valence-electron chi connectivity index (χ2n) is 5.95. The number of primary sulfonamides is 1. The second-order valence-corrected chi connectivity index (χ2v) is 7.51. The summed E-state index contributed by atoms with van der Waals surface area (Å²) in [5.41, 5.74) is 3.11. The highest BCUT2D eigenvalue weighted by molar-refractivity contribution is 7.89. The molecule has 0 aliphatic rings. The number of nitrogens with two attached hydrogens (primary N) is 1. The molecule has 0 bridgehead atoms. The van der Waals surface area contributed by atoms with E-state index in [0.717, 1.165) is 16.6 Å². The van der Waals surface area contributed by atoms with Crippen molar-refractivity contribution in [1.29, 1.82) is 0 Å². The van der Waals surface area contributed by atoms with Gasteiger partial charge in [0.1, 0.15) is 5.69 Å². The molecule has 27 heavy (non-hydrogen) atoms. The third kappa shape index (κ3) is 3.37. The molecule has 3 N–H and O–H groups in total. The van der Waals surface area contributed by atoms with Crippen molar-refractivity contribution in [3.8, 4) is 11.4 Å². The van der Waals surface area contributed by atoms with E-state index in [9.17, 15) is 8.42 Å². The summed E-state index contributed by atoms with van der Waals surface area (Å²) in [6, 6.07) is 15.8. The van der Waals surface area contributed by atoms with Crippen LogP contribution < -0.4 is 10.5 Å². The summed E-state index contributed by atoms with van der Waals surface area (Å²) in [5, 5.41) is 13.7. The SMILES string of the molecule is Cn1nc(-c2ccnc(Nc3ccc(S(N)(=O)=O)cc3)n2)c2ccccc21. The molecule has 2 heterocycles. The van der Waals surface area contributed by atoms with Gasteiger partial charge in [-0.15, -0.1) is 0 Å². The van der Waals surface area contributed by atoms with E-state index in [2.05, 4.69) is 20.4 Å². The average molecular weight is 380 g/mol. The number of rotatable bonds is 4. The standard InChI is InChI=1S/C18H16N6O2S/c1-24-16-5-3-2-4-14(16)17(23-24)15-10-11-20-18(22-15)21-12-6-8-13(9-7-12)27(19,25)26/h2-11H,1H3,(H2,19,25,26)(H,20,21,22). The van der Waals surface area contributed by atoms with Gasteiger partial charge in [-0.2, -0.15) is 5.10 Å². The van der Waals surface area contributed by atoms with Crippen molar-refractivity contribution in [3.05, 3.63) is 60.8 Å². The minimum Gasteiger partial charge on any atom is -0.324 e. The lowest BCUT2D eigenvalue weighted by Crippen LogP contribution is -2.11. The Labute approximate surface area is 155 Å². The first-order chi connectivity index (χ1) is 12.9. The topological polar surface area (TPSA) is 116 Å². The van der Waals surface area contributed by atoms with E-state index in [1.165, 1.54) is 12.1 Å². The van der Waals surface area contributed by atoms with Gasteiger partial charge in [-0.05, 0) is 36.4 Å². The van der Waals surface area contributed by atoms with Crippen molar-refractivity contribution in [2.24, 2.45) is 12.2 Å². The maximum absolute atomic E-state index is 11.3. The van der Waals surface area contributed by atoms with Crippen LogP contribution in [0.25, 0.3) is 22.3 Å². The molecule has 0 aliphatic carbocycles. The number of sulfonamides is 1. The zero-order chi connectivity index (χ0) is 19.0. The zero-order valence-electron chi connectivity index (χ0n) is 14.4. The number of fused-ring (bicyclic) bond motifs is 1. The maximum atomic E-state index is 11.3. The highest BCUT2D eigenvalue weighted by Gasteiger charge is 2.12. The molecular formula is C18H16N6O2S. The second kappa shape index (κ2) is 6.45. The number of benzene rings is 2. The molecule has 4 rings (SSSR count). The zero-order valence-corrected chi connectivity index (χ0v) is 15.2. The number of aromatic nitrogens is 4. The van der Waals surface area contributed by atoms with Gasteiger partial charge < -0.3 is 5.32 Å². The Kier molecular flexibility index (Phi) is 4.09. The van der Waals surface area contributed by atoms with Crippen LogP contribution in [0.5, 0.6) is 0 Å². The van der Waals surface area contributed by atoms with Gasteiger partial charge >= 0.3 is 0 Å². The number of hydrogen-bond acceptors (Lipinski definition) is 6. The number of para-hydroxylation sites is 1. The number of nitrogens with zero attached hydrogens (tertiary/aromatic N) is 4. The Bertz CT molecular complexity index is 1230. The Morgan fingerprint density at radius 3 is 2.52 bits per heavy atom. The summed E-state index contributed by atoms with van der Waals surface area (Å²) in [7, 11) is -1.84. The predicted molar refractivity (Wildman–Crippen MR) is 103 cm³/mol. The molecule has 8 nitrogen and oxygen atoms in total. The molecule has 0 atom stereocenters. The molecule has 2 aromatic carbocycles. The minimum absolute atomic E-state index is 0.0441. The molecule has 136 valence electrons. The van der Waals surface area contributed by atoms with Gasteiger partial charge in [-0.25, -0.2) is 23.5 Å². The van der Waals surface area contributed by atoms with E-state index in [1.54, 1.807) is 24.4 Å². The largest absolute Gasteiger partial charge is 0.324 e. The van der Waals surface area contributed by atoms with E-state index in [-0.39, 0.29) is 4.90 Å². The average Bonchev–Trinajstić information content (AvgIpc) is 2.99. The summed E-state index contributed by atoms with van der Waals surface area (Å²) in [6.07, 6.45) is 1.65. The van der Waals surface area contributed by atoms with Crippen LogP contribution >= 0.6 is 0 Å². The van der Waals surface area contributed by atoms with Gasteiger partial charge in [0, 0.05) is 24.3 Å². The highest BCUT2D eigenvalue weighted by Crippen LogP contribution is 2.26. The first-order valence-electron chi connectivity index (χ1n) is 8.07. The van der Waals surface area contributed by atoms with E-state index in [0.29, 0.717) is 17.3 Å². The maximum Gasteiger partial charge on any atom is 0.238 e. The summed E-state index contributed by atoms with van der Waals surface area (Å²) in [6.45, 7) is 0. The van der Waals surface area contributed by atoms with Crippen LogP contribution in [0.3, 0.4) is 0 Å². The Morgan fingerprint density at radius 2 is 1.78 bits per heavy atom. The van der Waals surface area contributed by atoms with Crippen LogP contribution in [0.2, 0.25) is 0 Å². The molecule has 0 unspecified atom stereocenters. The van der Waals surface area contributed by atoms with Crippen molar-refractivity contribution >= 4 is 32.6 Å².